The molecule has 4 aromatic heterocycles. The molecule has 5 rings (SSSR count). The van der Waals surface area contributed by atoms with Crippen molar-refractivity contribution >= 4 is 34.0 Å². The summed E-state index contributed by atoms with van der Waals surface area (Å²) in [6, 6.07) is 12.1. The second-order valence-corrected chi connectivity index (χ2v) is 6.46. The van der Waals surface area contributed by atoms with Crippen molar-refractivity contribution in [3.63, 3.8) is 0 Å². The third-order valence-corrected chi connectivity index (χ3v) is 4.49. The maximum atomic E-state index is 5.81. The van der Waals surface area contributed by atoms with Crippen LogP contribution in [0.25, 0.3) is 27.9 Å². The van der Waals surface area contributed by atoms with Gasteiger partial charge in [0.1, 0.15) is 17.2 Å². The van der Waals surface area contributed by atoms with E-state index < -0.39 is 0 Å². The zero-order valence-corrected chi connectivity index (χ0v) is 16.2. The van der Waals surface area contributed by atoms with E-state index >= 15 is 0 Å². The average molecular weight is 397 g/mol. The molecule has 148 valence electrons. The second-order valence-electron chi connectivity index (χ2n) is 6.46. The summed E-state index contributed by atoms with van der Waals surface area (Å²) < 4.78 is 2.05. The van der Waals surface area contributed by atoms with Gasteiger partial charge in [-0.05, 0) is 36.8 Å². The summed E-state index contributed by atoms with van der Waals surface area (Å²) in [5, 5.41) is 10.9. The average Bonchev–Trinajstić information content (AvgIpc) is 3.37. The van der Waals surface area contributed by atoms with Gasteiger partial charge in [0, 0.05) is 11.9 Å². The number of aryl methyl sites for hydroxylation is 1. The molecular formula is C21H19N9. The van der Waals surface area contributed by atoms with Crippen LogP contribution in [0.4, 0.5) is 11.8 Å². The number of rotatable bonds is 4. The van der Waals surface area contributed by atoms with Crippen molar-refractivity contribution in [3.05, 3.63) is 60.2 Å². The number of aromatic amines is 1. The lowest BCUT2D eigenvalue weighted by molar-refractivity contribution is 0.904. The predicted octanol–water partition coefficient (Wildman–Crippen LogP) is 2.84. The number of nitrogen functional groups attached to an aromatic ring is 1. The third kappa shape index (κ3) is 3.38. The Labute approximate surface area is 172 Å². The summed E-state index contributed by atoms with van der Waals surface area (Å²) in [6.45, 7) is 2.49. The monoisotopic (exact) mass is 397 g/mol. The minimum Gasteiger partial charge on any atom is -0.368 e. The highest BCUT2D eigenvalue weighted by Crippen LogP contribution is 2.23. The zero-order valence-electron chi connectivity index (χ0n) is 16.2. The van der Waals surface area contributed by atoms with Crippen LogP contribution >= 0.6 is 0 Å². The Morgan fingerprint density at radius 2 is 2.00 bits per heavy atom. The molecule has 9 nitrogen and oxygen atoms in total. The normalized spacial score (nSPS) is 10.6. The van der Waals surface area contributed by atoms with E-state index in [4.69, 9.17) is 10.7 Å². The Balaban J connectivity index is 0.00000106. The zero-order chi connectivity index (χ0) is 21.1. The highest BCUT2D eigenvalue weighted by molar-refractivity contribution is 5.86. The number of fused-ring (bicyclic) bond motifs is 2. The Hall–Kier alpha value is -4.45. The first kappa shape index (κ1) is 18.9. The van der Waals surface area contributed by atoms with Crippen molar-refractivity contribution < 1.29 is 0 Å². The van der Waals surface area contributed by atoms with Crippen molar-refractivity contribution in [1.29, 1.82) is 0 Å². The molecule has 0 unspecified atom stereocenters. The molecule has 0 aliphatic rings. The van der Waals surface area contributed by atoms with Crippen LogP contribution in [-0.2, 0) is 6.54 Å². The van der Waals surface area contributed by atoms with Crippen molar-refractivity contribution in [2.75, 3.05) is 11.1 Å². The van der Waals surface area contributed by atoms with Crippen molar-refractivity contribution in [3.8, 4) is 18.5 Å². The van der Waals surface area contributed by atoms with E-state index in [2.05, 4.69) is 62.4 Å². The number of anilines is 2. The summed E-state index contributed by atoms with van der Waals surface area (Å²) >= 11 is 0. The number of terminal acetylenes is 1. The van der Waals surface area contributed by atoms with Crippen LogP contribution in [0, 0.1) is 19.8 Å². The number of pyridine rings is 1. The summed E-state index contributed by atoms with van der Waals surface area (Å²) in [7, 11) is 0. The first-order chi connectivity index (χ1) is 14.7. The number of nitrogens with one attached hydrogen (secondary N) is 2. The number of nitrogens with two attached hydrogens (primary N) is 1. The molecular weight excluding hydrogens is 378 g/mol. The number of imidazole rings is 1. The van der Waals surface area contributed by atoms with Gasteiger partial charge in [-0.1, -0.05) is 12.1 Å². The van der Waals surface area contributed by atoms with E-state index in [1.165, 1.54) is 0 Å². The Morgan fingerprint density at radius 1 is 1.13 bits per heavy atom. The van der Waals surface area contributed by atoms with Crippen LogP contribution in [0.2, 0.25) is 0 Å². The van der Waals surface area contributed by atoms with Gasteiger partial charge in [0.05, 0.1) is 18.1 Å². The molecule has 4 heterocycles. The van der Waals surface area contributed by atoms with E-state index in [1.807, 2.05) is 28.8 Å². The van der Waals surface area contributed by atoms with Gasteiger partial charge in [0.15, 0.2) is 11.3 Å². The summed E-state index contributed by atoms with van der Waals surface area (Å²) in [5.74, 6) is 1.59. The summed E-state index contributed by atoms with van der Waals surface area (Å²) in [6.07, 6.45) is 11.4. The minimum atomic E-state index is 0.174. The molecule has 0 radical (unpaired) electrons. The highest BCUT2D eigenvalue weighted by atomic mass is 15.2. The molecule has 5 aromatic rings. The van der Waals surface area contributed by atoms with Gasteiger partial charge in [0.25, 0.3) is 0 Å². The minimum absolute atomic E-state index is 0.174. The molecule has 30 heavy (non-hydrogen) atoms. The van der Waals surface area contributed by atoms with Crippen LogP contribution in [0.15, 0.2) is 48.8 Å². The second kappa shape index (κ2) is 7.89. The molecule has 0 aliphatic heterocycles. The van der Waals surface area contributed by atoms with Gasteiger partial charge in [-0.3, -0.25) is 9.67 Å². The molecule has 0 spiro atoms. The van der Waals surface area contributed by atoms with Gasteiger partial charge in [0.2, 0.25) is 5.95 Å². The topological polar surface area (TPSA) is 123 Å². The SMILES string of the molecule is C#C.Cc1cccc(-n2c(CNc3nc(N)nc4[nH]ncc34)nc3cccnc32)c1. The molecule has 0 aliphatic carbocycles. The number of hydrogen-bond acceptors (Lipinski definition) is 7. The molecule has 1 aromatic carbocycles. The quantitative estimate of drug-likeness (QED) is 0.398. The molecule has 9 heteroatoms. The van der Waals surface area contributed by atoms with E-state index in [-0.39, 0.29) is 5.95 Å². The van der Waals surface area contributed by atoms with Crippen molar-refractivity contribution in [1.82, 2.24) is 34.7 Å². The van der Waals surface area contributed by atoms with Crippen LogP contribution in [0.1, 0.15) is 11.4 Å². The van der Waals surface area contributed by atoms with Crippen LogP contribution < -0.4 is 11.1 Å². The fourth-order valence-corrected chi connectivity index (χ4v) is 3.27. The lowest BCUT2D eigenvalue weighted by Crippen LogP contribution is -2.10. The molecule has 0 saturated carbocycles. The molecule has 0 atom stereocenters. The number of H-pyrrole nitrogens is 1. The van der Waals surface area contributed by atoms with Crippen molar-refractivity contribution in [2.45, 2.75) is 13.5 Å². The molecule has 0 bridgehead atoms. The lowest BCUT2D eigenvalue weighted by atomic mass is 10.2. The Kier molecular flexibility index (Phi) is 4.97. The molecule has 0 fully saturated rings. The Morgan fingerprint density at radius 3 is 2.83 bits per heavy atom. The molecule has 4 N–H and O–H groups in total. The fraction of sp³-hybridized carbons (Fsp3) is 0.0952. The fourth-order valence-electron chi connectivity index (χ4n) is 3.27. The predicted molar refractivity (Wildman–Crippen MR) is 117 cm³/mol. The largest absolute Gasteiger partial charge is 0.368 e. The summed E-state index contributed by atoms with van der Waals surface area (Å²) in [4.78, 5) is 17.7. The van der Waals surface area contributed by atoms with Gasteiger partial charge >= 0.3 is 0 Å². The van der Waals surface area contributed by atoms with Gasteiger partial charge in [-0.25, -0.2) is 9.97 Å². The first-order valence-electron chi connectivity index (χ1n) is 9.12. The lowest BCUT2D eigenvalue weighted by Gasteiger charge is -2.11. The standard InChI is InChI=1S/C19H17N9.C2H2/c1-11-4-2-5-12(8-11)28-15(24-14-6-3-7-21-18(14)28)10-22-16-13-9-23-27-17(13)26-19(20)25-16;1-2/h2-9H,10H2,1H3,(H4,20,22,23,25,26,27);1-2H. The maximum absolute atomic E-state index is 5.81. The third-order valence-electron chi connectivity index (χ3n) is 4.49. The van der Waals surface area contributed by atoms with E-state index in [0.29, 0.717) is 18.0 Å². The van der Waals surface area contributed by atoms with Gasteiger partial charge in [-0.15, -0.1) is 12.8 Å². The Bertz CT molecular complexity index is 1350. The van der Waals surface area contributed by atoms with Gasteiger partial charge in [-0.2, -0.15) is 15.1 Å². The van der Waals surface area contributed by atoms with E-state index in [1.54, 1.807) is 12.4 Å². The van der Waals surface area contributed by atoms with Crippen LogP contribution in [0.5, 0.6) is 0 Å². The maximum Gasteiger partial charge on any atom is 0.224 e. The number of benzene rings is 1. The van der Waals surface area contributed by atoms with Gasteiger partial charge < -0.3 is 11.1 Å². The number of nitrogens with zero attached hydrogens (tertiary/aromatic N) is 6. The van der Waals surface area contributed by atoms with Crippen molar-refractivity contribution in [2.24, 2.45) is 0 Å². The smallest absolute Gasteiger partial charge is 0.224 e. The molecule has 0 saturated heterocycles. The van der Waals surface area contributed by atoms with E-state index in [9.17, 15) is 0 Å². The number of aromatic nitrogens is 7. The first-order valence-corrected chi connectivity index (χ1v) is 9.12. The van der Waals surface area contributed by atoms with Crippen LogP contribution in [-0.4, -0.2) is 34.7 Å². The molecule has 0 amide bonds. The van der Waals surface area contributed by atoms with Crippen LogP contribution in [0.3, 0.4) is 0 Å². The van der Waals surface area contributed by atoms with E-state index in [0.717, 1.165) is 33.6 Å². The number of hydrogen-bond donors (Lipinski definition) is 3. The highest BCUT2D eigenvalue weighted by Gasteiger charge is 2.15. The summed E-state index contributed by atoms with van der Waals surface area (Å²) in [5.41, 5.74) is 10.2.